The molecule has 6 N–H and O–H groups in total. The maximum atomic E-state index is 13.1. The molecule has 0 aliphatic carbocycles. The molecule has 51 heteroatoms. The molecule has 0 bridgehead atoms. The molecule has 12 rings (SSSR count). The molecule has 0 aromatic heterocycles. The van der Waals surface area contributed by atoms with Crippen LogP contribution in [-0.4, -0.2) is 242 Å². The van der Waals surface area contributed by atoms with Crippen LogP contribution in [0.2, 0.25) is 0 Å². The summed E-state index contributed by atoms with van der Waals surface area (Å²) < 4.78 is 216. The zero-order valence-corrected chi connectivity index (χ0v) is 83.7. The number of benzene rings is 6. The van der Waals surface area contributed by atoms with Gasteiger partial charge in [-0.05, 0) is 195 Å². The molecule has 36 nitrogen and oxygen atoms in total. The number of esters is 2. The van der Waals surface area contributed by atoms with E-state index in [1.807, 2.05) is 25.1 Å². The molecule has 6 aromatic rings. The summed E-state index contributed by atoms with van der Waals surface area (Å²) in [5.74, 6) is -4.32. The van der Waals surface area contributed by atoms with E-state index < -0.39 is 143 Å². The van der Waals surface area contributed by atoms with E-state index in [1.165, 1.54) is 99.2 Å². The number of alkyl halides is 9. The number of aliphatic hydroxyl groups is 2. The minimum atomic E-state index is -4.88. The van der Waals surface area contributed by atoms with Gasteiger partial charge in [0, 0.05) is 131 Å². The van der Waals surface area contributed by atoms with Crippen molar-refractivity contribution in [2.24, 2.45) is 15.0 Å². The number of carbonyl (C=O) groups excluding carboxylic acids is 9. The molecule has 6 aliphatic rings. The molecule has 3 saturated heterocycles. The van der Waals surface area contributed by atoms with Crippen molar-refractivity contribution in [1.82, 2.24) is 28.9 Å². The summed E-state index contributed by atoms with van der Waals surface area (Å²) in [4.78, 5) is 120. The zero-order valence-electron chi connectivity index (χ0n) is 75.2. The molecule has 0 radical (unpaired) electrons. The number of amides is 5. The number of likely N-dealkylation sites (N-methyl/N-ethyl adjacent to an activating group) is 2. The van der Waals surface area contributed by atoms with Gasteiger partial charge in [-0.25, -0.2) is 25.3 Å². The molecule has 0 saturated carbocycles. The number of rotatable bonds is 24. The molecule has 6 aromatic carbocycles. The average Bonchev–Trinajstić information content (AvgIpc) is 1.67. The number of anilines is 3. The maximum Gasteiger partial charge on any atom is 1.00 e. The third-order valence-electron chi connectivity index (χ3n) is 20.5. The predicted octanol–water partition coefficient (Wildman–Crippen LogP) is 1.82. The zero-order chi connectivity index (χ0) is 99.0. The Hall–Kier alpha value is -9.28. The first kappa shape index (κ1) is 116. The van der Waals surface area contributed by atoms with Crippen LogP contribution >= 0.6 is 11.6 Å². The van der Waals surface area contributed by atoms with E-state index in [0.717, 1.165) is 76.5 Å². The second-order valence-electron chi connectivity index (χ2n) is 29.4. The molecule has 6 aliphatic heterocycles. The number of ether oxygens (including phenoxy) is 5. The molecule has 0 atom stereocenters. The Morgan fingerprint density at radius 2 is 0.793 bits per heavy atom. The Morgan fingerprint density at radius 3 is 1.04 bits per heavy atom. The number of aliphatic imine (C=N–C) groups is 3. The SMILES string of the molecule is CC(=O)OCC(=O)Cl.CC(=O)OCC(=O)N(C)c1ccc(/C=C/S(=O)(=O)N2CCC3(CC2)N=C(c2cccc(OC(F)(F)F)c2)NC3=O)c(C)c1.CNc1ccc(/C=C/S(=O)(=O)N2CCC3(CC2)N=C(c2cccc(OC(F)(F)F)c2)NC3=O)c(C)c1.CO.Cc1cc(N(C)C(=O)CO)ccc1/C=C/S(=O)(=O)N1CCC2(CC1)N=C(c1cccc(OC(F)(F)F)c1)NC2=O.O=CO[O-].[H-].[K+].[K+]. The van der Waals surface area contributed by atoms with E-state index in [4.69, 9.17) is 36.6 Å². The van der Waals surface area contributed by atoms with Crippen LogP contribution in [0.5, 0.6) is 17.2 Å². The van der Waals surface area contributed by atoms with E-state index in [1.54, 1.807) is 63.4 Å². The number of sulfonamides is 3. The van der Waals surface area contributed by atoms with Gasteiger partial charge in [-0.1, -0.05) is 54.6 Å². The van der Waals surface area contributed by atoms with Crippen LogP contribution in [0, 0.1) is 20.8 Å². The Labute approximate surface area is 861 Å². The van der Waals surface area contributed by atoms with Crippen LogP contribution in [0.25, 0.3) is 18.2 Å². The second-order valence-corrected chi connectivity index (χ2v) is 35.3. The van der Waals surface area contributed by atoms with E-state index >= 15 is 0 Å². The number of nitrogens with one attached hydrogen (secondary N) is 4. The third-order valence-corrected chi connectivity index (χ3v) is 25.3. The molecule has 5 amide bonds. The molecule has 3 fully saturated rings. The Balaban J connectivity index is 0.000000394. The molecule has 6 heterocycles. The van der Waals surface area contributed by atoms with Crippen molar-refractivity contribution >= 4 is 148 Å². The number of hydrogen-bond donors (Lipinski definition) is 6. The van der Waals surface area contributed by atoms with Crippen LogP contribution in [0.4, 0.5) is 56.6 Å². The number of aliphatic hydroxyl groups excluding tert-OH is 2. The summed E-state index contributed by atoms with van der Waals surface area (Å²) in [5.41, 5.74) is 3.40. The number of nitrogens with zero attached hydrogens (tertiary/aromatic N) is 8. The van der Waals surface area contributed by atoms with Gasteiger partial charge in [0.15, 0.2) is 13.2 Å². The average molecular weight is 2030 g/mol. The van der Waals surface area contributed by atoms with Gasteiger partial charge in [0.05, 0.1) is 0 Å². The summed E-state index contributed by atoms with van der Waals surface area (Å²) in [6.45, 7) is 6.44. The van der Waals surface area contributed by atoms with Crippen LogP contribution in [0.15, 0.2) is 159 Å². The molecule has 3 spiro atoms. The van der Waals surface area contributed by atoms with Crippen molar-refractivity contribution in [1.29, 1.82) is 0 Å². The standard InChI is InChI=1S/C28H29F3N4O7S.C26H27F3N4O6S.C24H25F3N4O4S.C4H5ClO3.CH2O3.CH4O.2K.H/c1-18-15-22(34(3)24(37)17-41-19(2)36)8-7-20(18)9-14-43(39,40)35-12-10-27(11-13-35)26(38)32-25(33-27)21-5-4-6-23(16-21)42-28(29,30)31;1-17-14-20(32(2)22(35)16-34)7-6-18(17)8-13-40(37,38)33-11-9-25(10-12-33)24(36)30-23(31-25)19-4-3-5-21(15-19)39-26(27,28)29;1-16-14-19(28-2)7-6-17(16)8-13-36(33,34)31-11-9-23(10-12-31)22(32)29-21(30-23)18-4-3-5-20(15-18)35-24(25,26)27;1-3(6)8-2-4(5)7;2-1-4-3;1-2;;;/h4-9,14-16H,10-13,17H2,1-3H3,(H,32,33,38);3-8,13-15,34H,9-12,16H2,1-2H3,(H,30,31,36);3-8,13-15,28H,9-12H2,1-2H3,(H,29,30,32);2H2,1H3;1,3H;2H,1H3;;;/q;;;;;;2*+1;-1/p-1/b14-9+;2*13-8+;;;;;;. The minimum absolute atomic E-state index is 0. The fourth-order valence-corrected chi connectivity index (χ4v) is 17.1. The maximum absolute atomic E-state index is 13.1. The number of piperidine rings is 3. The van der Waals surface area contributed by atoms with Gasteiger partial charge >= 0.3 is 134 Å². The first-order valence-corrected chi connectivity index (χ1v) is 44.3. The fraction of sp³-hybridized carbons (Fsp3) is 0.357. The normalized spacial score (nSPS) is 16.3. The van der Waals surface area contributed by atoms with Gasteiger partial charge < -0.3 is 76.5 Å². The summed E-state index contributed by atoms with van der Waals surface area (Å²) in [7, 11) is -5.59. The third kappa shape index (κ3) is 34.1. The van der Waals surface area contributed by atoms with Gasteiger partial charge in [0.2, 0.25) is 30.1 Å². The number of carbonyl (C=O) groups is 9. The van der Waals surface area contributed by atoms with Gasteiger partial charge in [-0.2, -0.15) is 12.9 Å². The summed E-state index contributed by atoms with van der Waals surface area (Å²) in [6, 6.07) is 30.9. The Kier molecular flexibility index (Phi) is 43.8. The molecule has 135 heavy (non-hydrogen) atoms. The first-order chi connectivity index (χ1) is 62.3. The molecular weight excluding hydrogens is 1940 g/mol. The van der Waals surface area contributed by atoms with E-state index in [9.17, 15) is 103 Å². The summed E-state index contributed by atoms with van der Waals surface area (Å²) in [5, 5.41) is 38.0. The smallest absolute Gasteiger partial charge is 1.00 e. The van der Waals surface area contributed by atoms with Crippen LogP contribution in [-0.2, 0) is 87.6 Å². The van der Waals surface area contributed by atoms with Crippen LogP contribution < -0.4 is 153 Å². The van der Waals surface area contributed by atoms with Crippen molar-refractivity contribution in [3.8, 4) is 17.2 Å². The number of halogens is 10. The second kappa shape index (κ2) is 50.9. The van der Waals surface area contributed by atoms with Gasteiger partial charge in [0.25, 0.3) is 41.3 Å². The Morgan fingerprint density at radius 1 is 0.504 bits per heavy atom. The first-order valence-electron chi connectivity index (χ1n) is 39.4. The topological polar surface area (TPSA) is 476 Å². The minimum Gasteiger partial charge on any atom is -1.00 e. The fourth-order valence-electron chi connectivity index (χ4n) is 13.5. The summed E-state index contributed by atoms with van der Waals surface area (Å²) >= 11 is 4.81. The van der Waals surface area contributed by atoms with Crippen molar-refractivity contribution < 1.29 is 256 Å². The van der Waals surface area contributed by atoms with Gasteiger partial charge in [0.1, 0.15) is 58.0 Å². The molecular formula is C84H92ClF9K2N12O24S3. The van der Waals surface area contributed by atoms with Crippen LogP contribution in [0.1, 0.15) is 104 Å². The van der Waals surface area contributed by atoms with Crippen molar-refractivity contribution in [2.45, 2.75) is 109 Å². The van der Waals surface area contributed by atoms with E-state index in [0.29, 0.717) is 33.6 Å². The van der Waals surface area contributed by atoms with E-state index in [2.05, 4.69) is 60.1 Å². The molecule has 0 unspecified atom stereocenters. The predicted molar refractivity (Wildman–Crippen MR) is 465 cm³/mol. The molecule has 722 valence electrons. The van der Waals surface area contributed by atoms with Gasteiger partial charge in [-0.3, -0.25) is 58.1 Å². The monoisotopic (exact) mass is 2030 g/mol. The van der Waals surface area contributed by atoms with E-state index in [-0.39, 0.29) is 229 Å². The number of amidine groups is 3. The van der Waals surface area contributed by atoms with Crippen molar-refractivity contribution in [2.75, 3.05) is 102 Å². The quantitative estimate of drug-likeness (QED) is 0.00957. The van der Waals surface area contributed by atoms with Gasteiger partial charge in [-0.15, -0.1) is 39.5 Å². The number of aryl methyl sites for hydroxylation is 3. The number of hydrogen-bond acceptors (Lipinski definition) is 28. The van der Waals surface area contributed by atoms with Crippen LogP contribution in [0.3, 0.4) is 0 Å². The Bertz CT molecular complexity index is 5850. The largest absolute Gasteiger partial charge is 1.00 e. The summed E-state index contributed by atoms with van der Waals surface area (Å²) in [6.07, 6.45) is -9.53. The van der Waals surface area contributed by atoms with Crippen molar-refractivity contribution in [3.05, 3.63) is 194 Å². The van der Waals surface area contributed by atoms with Crippen molar-refractivity contribution in [3.63, 3.8) is 0 Å².